The van der Waals surface area contributed by atoms with Crippen molar-refractivity contribution in [1.29, 1.82) is 0 Å². The van der Waals surface area contributed by atoms with Crippen LogP contribution in [0.25, 0.3) is 0 Å². The van der Waals surface area contributed by atoms with Gasteiger partial charge in [0.05, 0.1) is 16.3 Å². The number of non-ortho nitro benzene ring substituents is 1. The molecule has 0 aliphatic rings. The largest absolute Gasteiger partial charge is 0.491 e. The van der Waals surface area contributed by atoms with E-state index in [1.807, 2.05) is 19.1 Å². The number of nitrogens with one attached hydrogen (secondary N) is 1. The van der Waals surface area contributed by atoms with E-state index in [0.717, 1.165) is 22.6 Å². The molecule has 0 unspecified atom stereocenters. The second-order valence-electron chi connectivity index (χ2n) is 5.17. The Kier molecular flexibility index (Phi) is 5.42. The van der Waals surface area contributed by atoms with Gasteiger partial charge >= 0.3 is 0 Å². The zero-order valence-corrected chi connectivity index (χ0v) is 14.8. The number of pyridine rings is 1. The first kappa shape index (κ1) is 18.1. The number of anilines is 1. The third kappa shape index (κ3) is 4.67. The monoisotopic (exact) mass is 383 g/mol. The highest BCUT2D eigenvalue weighted by molar-refractivity contribution is 7.19. The number of hydrogen-bond acceptors (Lipinski definition) is 10. The van der Waals surface area contributed by atoms with Gasteiger partial charge in [0.25, 0.3) is 11.6 Å². The van der Waals surface area contributed by atoms with Gasteiger partial charge in [-0.3, -0.25) is 20.5 Å². The Hall–Kier alpha value is -3.73. The molecule has 0 atom stereocenters. The highest BCUT2D eigenvalue weighted by Crippen LogP contribution is 2.37. The van der Waals surface area contributed by atoms with E-state index < -0.39 is 4.92 Å². The Balaban J connectivity index is 1.70. The van der Waals surface area contributed by atoms with E-state index in [1.165, 1.54) is 24.3 Å². The number of nitro groups is 1. The van der Waals surface area contributed by atoms with Crippen molar-refractivity contribution < 1.29 is 10.0 Å². The van der Waals surface area contributed by atoms with Gasteiger partial charge in [-0.05, 0) is 31.2 Å². The number of nitro benzene ring substituents is 1. The number of hydrazone groups is 1. The quantitative estimate of drug-likeness (QED) is 0.280. The summed E-state index contributed by atoms with van der Waals surface area (Å²) in [5.74, 6) is -0.287. The molecule has 2 aromatic heterocycles. The lowest BCUT2D eigenvalue weighted by molar-refractivity contribution is -0.384. The van der Waals surface area contributed by atoms with Crippen LogP contribution in [0.4, 0.5) is 21.5 Å². The standard InChI is InChI=1S/C16H13N7O3S/c1-10(11-6-8-17-9-7-11)19-22-16-18-14(24)15(27-16)21-20-12-2-4-13(5-3-12)23(25)26/h2-9,24H,1H3,(H,18,22)/b19-10+,21-20?. The Morgan fingerprint density at radius 3 is 2.56 bits per heavy atom. The van der Waals surface area contributed by atoms with E-state index in [-0.39, 0.29) is 16.6 Å². The van der Waals surface area contributed by atoms with Gasteiger partial charge in [0.15, 0.2) is 0 Å². The van der Waals surface area contributed by atoms with Crippen LogP contribution in [0.5, 0.6) is 5.88 Å². The smallest absolute Gasteiger partial charge is 0.269 e. The molecule has 27 heavy (non-hydrogen) atoms. The first-order valence-corrected chi connectivity index (χ1v) is 8.41. The van der Waals surface area contributed by atoms with E-state index in [1.54, 1.807) is 12.4 Å². The zero-order chi connectivity index (χ0) is 19.2. The van der Waals surface area contributed by atoms with Crippen molar-refractivity contribution >= 4 is 38.6 Å². The maximum absolute atomic E-state index is 10.6. The summed E-state index contributed by atoms with van der Waals surface area (Å²) < 4.78 is 0. The molecule has 0 aliphatic carbocycles. The maximum Gasteiger partial charge on any atom is 0.269 e. The molecule has 2 N–H and O–H groups in total. The molecular weight excluding hydrogens is 370 g/mol. The summed E-state index contributed by atoms with van der Waals surface area (Å²) in [6, 6.07) is 9.21. The number of azo groups is 1. The van der Waals surface area contributed by atoms with Crippen LogP contribution >= 0.6 is 11.3 Å². The lowest BCUT2D eigenvalue weighted by Crippen LogP contribution is -1.99. The van der Waals surface area contributed by atoms with Crippen LogP contribution in [0.15, 0.2) is 64.1 Å². The average molecular weight is 383 g/mol. The van der Waals surface area contributed by atoms with Crippen LogP contribution in [0.2, 0.25) is 0 Å². The Bertz CT molecular complexity index is 1000. The second kappa shape index (κ2) is 8.10. The number of aromatic nitrogens is 2. The molecule has 1 aromatic carbocycles. The fourth-order valence-electron chi connectivity index (χ4n) is 1.95. The lowest BCUT2D eigenvalue weighted by Gasteiger charge is -1.99. The SMILES string of the molecule is C/C(=N\Nc1nc(O)c(N=Nc2ccc([N+](=O)[O-])cc2)s1)c1ccncc1. The van der Waals surface area contributed by atoms with Crippen molar-refractivity contribution in [3.63, 3.8) is 0 Å². The van der Waals surface area contributed by atoms with Gasteiger partial charge in [-0.1, -0.05) is 11.3 Å². The molecule has 0 aliphatic heterocycles. The van der Waals surface area contributed by atoms with Crippen LogP contribution in [-0.2, 0) is 0 Å². The molecule has 10 nitrogen and oxygen atoms in total. The second-order valence-corrected chi connectivity index (χ2v) is 6.14. The number of aromatic hydroxyl groups is 1. The fraction of sp³-hybridized carbons (Fsp3) is 0.0625. The minimum Gasteiger partial charge on any atom is -0.491 e. The van der Waals surface area contributed by atoms with Crippen molar-refractivity contribution in [2.45, 2.75) is 6.92 Å². The average Bonchev–Trinajstić information content (AvgIpc) is 3.05. The third-order valence-electron chi connectivity index (χ3n) is 3.33. The number of benzene rings is 1. The Morgan fingerprint density at radius 1 is 1.19 bits per heavy atom. The van der Waals surface area contributed by atoms with E-state index >= 15 is 0 Å². The molecule has 0 radical (unpaired) electrons. The Morgan fingerprint density at radius 2 is 1.89 bits per heavy atom. The van der Waals surface area contributed by atoms with Crippen LogP contribution in [-0.4, -0.2) is 25.7 Å². The van der Waals surface area contributed by atoms with E-state index in [4.69, 9.17) is 0 Å². The highest BCUT2D eigenvalue weighted by atomic mass is 32.1. The molecule has 2 heterocycles. The number of nitrogens with zero attached hydrogens (tertiary/aromatic N) is 6. The topological polar surface area (TPSA) is 138 Å². The summed E-state index contributed by atoms with van der Waals surface area (Å²) in [5, 5.41) is 33.1. The van der Waals surface area contributed by atoms with Crippen LogP contribution in [0.1, 0.15) is 12.5 Å². The number of thiazole rings is 1. The summed E-state index contributed by atoms with van der Waals surface area (Å²) in [6.45, 7) is 1.82. The van der Waals surface area contributed by atoms with Gasteiger partial charge in [-0.2, -0.15) is 10.1 Å². The third-order valence-corrected chi connectivity index (χ3v) is 4.16. The van der Waals surface area contributed by atoms with Crippen LogP contribution in [0, 0.1) is 10.1 Å². The summed E-state index contributed by atoms with van der Waals surface area (Å²) in [5.41, 5.74) is 4.76. The van der Waals surface area contributed by atoms with Crippen LogP contribution in [0.3, 0.4) is 0 Å². The maximum atomic E-state index is 10.6. The predicted octanol–water partition coefficient (Wildman–Crippen LogP) is 4.40. The zero-order valence-electron chi connectivity index (χ0n) is 14.0. The number of rotatable bonds is 6. The molecule has 0 spiro atoms. The molecule has 0 saturated carbocycles. The first-order valence-electron chi connectivity index (χ1n) is 7.59. The predicted molar refractivity (Wildman–Crippen MR) is 101 cm³/mol. The van der Waals surface area contributed by atoms with Gasteiger partial charge in [0.2, 0.25) is 10.1 Å². The molecule has 11 heteroatoms. The molecule has 0 bridgehead atoms. The van der Waals surface area contributed by atoms with Crippen molar-refractivity contribution in [2.24, 2.45) is 15.3 Å². The highest BCUT2D eigenvalue weighted by Gasteiger charge is 2.10. The summed E-state index contributed by atoms with van der Waals surface area (Å²) in [4.78, 5) is 18.0. The molecule has 0 fully saturated rings. The normalized spacial score (nSPS) is 11.7. The van der Waals surface area contributed by atoms with Gasteiger partial charge in [-0.25, -0.2) is 0 Å². The van der Waals surface area contributed by atoms with Gasteiger partial charge < -0.3 is 5.11 Å². The molecule has 136 valence electrons. The van der Waals surface area contributed by atoms with Gasteiger partial charge in [0.1, 0.15) is 0 Å². The van der Waals surface area contributed by atoms with Crippen molar-refractivity contribution in [1.82, 2.24) is 9.97 Å². The van der Waals surface area contributed by atoms with Gasteiger partial charge in [-0.15, -0.1) is 10.2 Å². The summed E-state index contributed by atoms with van der Waals surface area (Å²) in [6.07, 6.45) is 3.33. The van der Waals surface area contributed by atoms with Crippen LogP contribution < -0.4 is 5.43 Å². The van der Waals surface area contributed by atoms with Crippen molar-refractivity contribution in [2.75, 3.05) is 5.43 Å². The minimum absolute atomic E-state index is 0.0384. The fourth-order valence-corrected chi connectivity index (χ4v) is 2.58. The van der Waals surface area contributed by atoms with Crippen molar-refractivity contribution in [3.8, 4) is 5.88 Å². The molecular formula is C16H13N7O3S. The molecule has 3 aromatic rings. The van der Waals surface area contributed by atoms with E-state index in [2.05, 4.69) is 30.7 Å². The van der Waals surface area contributed by atoms with Crippen molar-refractivity contribution in [3.05, 3.63) is 64.5 Å². The molecule has 0 amide bonds. The summed E-state index contributed by atoms with van der Waals surface area (Å²) in [7, 11) is 0. The summed E-state index contributed by atoms with van der Waals surface area (Å²) >= 11 is 1.06. The van der Waals surface area contributed by atoms with E-state index in [0.29, 0.717) is 10.8 Å². The minimum atomic E-state index is -0.498. The first-order chi connectivity index (χ1) is 13.0. The Labute approximate surface area is 157 Å². The molecule has 3 rings (SSSR count). The van der Waals surface area contributed by atoms with Gasteiger partial charge in [0, 0.05) is 30.1 Å². The lowest BCUT2D eigenvalue weighted by atomic mass is 10.2. The molecule has 0 saturated heterocycles. The van der Waals surface area contributed by atoms with E-state index in [9.17, 15) is 15.2 Å². The number of hydrogen-bond donors (Lipinski definition) is 2.